The molecule has 0 unspecified atom stereocenters. The first kappa shape index (κ1) is 16.0. The van der Waals surface area contributed by atoms with Crippen molar-refractivity contribution in [3.63, 3.8) is 0 Å². The Kier molecular flexibility index (Phi) is 4.74. The standard InChI is InChI=1S/C15H15BrClNO3/c1-7(2)21-11-6-10(15(19)20-4)18-14-9(16)5-8(3)13(17)12(11)14/h5-7H,1-4H3. The van der Waals surface area contributed by atoms with Crippen LogP contribution in [0.1, 0.15) is 29.9 Å². The number of halogens is 2. The van der Waals surface area contributed by atoms with Gasteiger partial charge in [0.25, 0.3) is 0 Å². The normalized spacial score (nSPS) is 11.0. The minimum atomic E-state index is -0.519. The molecule has 0 spiro atoms. The maximum Gasteiger partial charge on any atom is 0.356 e. The Morgan fingerprint density at radius 2 is 2.05 bits per heavy atom. The zero-order valence-corrected chi connectivity index (χ0v) is 14.5. The molecule has 0 radical (unpaired) electrons. The van der Waals surface area contributed by atoms with Crippen molar-refractivity contribution >= 4 is 44.4 Å². The molecule has 0 aliphatic heterocycles. The summed E-state index contributed by atoms with van der Waals surface area (Å²) in [5.74, 6) is -0.00102. The lowest BCUT2D eigenvalue weighted by Gasteiger charge is -2.16. The third kappa shape index (κ3) is 3.14. The summed E-state index contributed by atoms with van der Waals surface area (Å²) >= 11 is 9.85. The molecular weight excluding hydrogens is 358 g/mol. The monoisotopic (exact) mass is 371 g/mol. The van der Waals surface area contributed by atoms with Crippen LogP contribution in [0.4, 0.5) is 0 Å². The number of fused-ring (bicyclic) bond motifs is 1. The average molecular weight is 373 g/mol. The highest BCUT2D eigenvalue weighted by Crippen LogP contribution is 2.38. The molecule has 1 aromatic heterocycles. The highest BCUT2D eigenvalue weighted by molar-refractivity contribution is 9.10. The summed E-state index contributed by atoms with van der Waals surface area (Å²) in [4.78, 5) is 16.1. The second-order valence-electron chi connectivity index (χ2n) is 4.88. The van der Waals surface area contributed by atoms with Gasteiger partial charge in [-0.25, -0.2) is 9.78 Å². The van der Waals surface area contributed by atoms with Gasteiger partial charge in [-0.3, -0.25) is 0 Å². The van der Waals surface area contributed by atoms with Crippen molar-refractivity contribution in [3.05, 3.63) is 32.9 Å². The third-order valence-electron chi connectivity index (χ3n) is 2.88. The number of pyridine rings is 1. The Balaban J connectivity index is 2.84. The number of methoxy groups -OCH3 is 1. The van der Waals surface area contributed by atoms with Crippen LogP contribution >= 0.6 is 27.5 Å². The van der Waals surface area contributed by atoms with Crippen LogP contribution in [-0.4, -0.2) is 24.2 Å². The van der Waals surface area contributed by atoms with Gasteiger partial charge in [0.15, 0.2) is 5.69 Å². The number of aromatic nitrogens is 1. The van der Waals surface area contributed by atoms with Crippen molar-refractivity contribution in [1.29, 1.82) is 0 Å². The molecule has 0 saturated heterocycles. The number of hydrogen-bond donors (Lipinski definition) is 0. The Morgan fingerprint density at radius 3 is 2.62 bits per heavy atom. The highest BCUT2D eigenvalue weighted by atomic mass is 79.9. The molecule has 0 aliphatic rings. The van der Waals surface area contributed by atoms with Gasteiger partial charge in [-0.05, 0) is 48.3 Å². The zero-order chi connectivity index (χ0) is 15.7. The van der Waals surface area contributed by atoms with E-state index >= 15 is 0 Å². The van der Waals surface area contributed by atoms with Crippen molar-refractivity contribution in [2.24, 2.45) is 0 Å². The van der Waals surface area contributed by atoms with Crippen LogP contribution in [0.5, 0.6) is 5.75 Å². The fraction of sp³-hybridized carbons (Fsp3) is 0.333. The van der Waals surface area contributed by atoms with Crippen LogP contribution in [0.3, 0.4) is 0 Å². The molecule has 0 saturated carbocycles. The van der Waals surface area contributed by atoms with Crippen LogP contribution in [0.15, 0.2) is 16.6 Å². The summed E-state index contributed by atoms with van der Waals surface area (Å²) in [5, 5.41) is 1.25. The number of ether oxygens (including phenoxy) is 2. The van der Waals surface area contributed by atoms with E-state index in [-0.39, 0.29) is 11.8 Å². The Morgan fingerprint density at radius 1 is 1.38 bits per heavy atom. The van der Waals surface area contributed by atoms with Gasteiger partial charge >= 0.3 is 5.97 Å². The fourth-order valence-electron chi connectivity index (χ4n) is 1.98. The minimum absolute atomic E-state index is 0.0588. The van der Waals surface area contributed by atoms with E-state index in [4.69, 9.17) is 21.1 Å². The quantitative estimate of drug-likeness (QED) is 0.743. The predicted molar refractivity (Wildman–Crippen MR) is 86.3 cm³/mol. The minimum Gasteiger partial charge on any atom is -0.490 e. The molecule has 1 aromatic carbocycles. The van der Waals surface area contributed by atoms with Crippen molar-refractivity contribution in [3.8, 4) is 5.75 Å². The van der Waals surface area contributed by atoms with Gasteiger partial charge in [0, 0.05) is 10.5 Å². The van der Waals surface area contributed by atoms with E-state index in [1.54, 1.807) is 6.07 Å². The summed E-state index contributed by atoms with van der Waals surface area (Å²) in [6, 6.07) is 3.42. The van der Waals surface area contributed by atoms with Crippen LogP contribution < -0.4 is 4.74 Å². The molecule has 2 rings (SSSR count). The summed E-state index contributed by atoms with van der Waals surface area (Å²) < 4.78 is 11.3. The first-order valence-electron chi connectivity index (χ1n) is 6.39. The van der Waals surface area contributed by atoms with Crippen LogP contribution in [0.25, 0.3) is 10.9 Å². The van der Waals surface area contributed by atoms with Crippen LogP contribution in [0.2, 0.25) is 5.02 Å². The van der Waals surface area contributed by atoms with Crippen molar-refractivity contribution < 1.29 is 14.3 Å². The molecule has 0 atom stereocenters. The summed E-state index contributed by atoms with van der Waals surface area (Å²) in [5.41, 5.74) is 1.66. The van der Waals surface area contributed by atoms with Gasteiger partial charge in [0.1, 0.15) is 5.75 Å². The van der Waals surface area contributed by atoms with E-state index in [9.17, 15) is 4.79 Å². The molecule has 1 heterocycles. The molecule has 0 amide bonds. The lowest BCUT2D eigenvalue weighted by Crippen LogP contribution is -2.10. The topological polar surface area (TPSA) is 48.4 Å². The predicted octanol–water partition coefficient (Wildman–Crippen LogP) is 4.53. The SMILES string of the molecule is COC(=O)c1cc(OC(C)C)c2c(Cl)c(C)cc(Br)c2n1. The lowest BCUT2D eigenvalue weighted by atomic mass is 10.1. The molecule has 0 aliphatic carbocycles. The van der Waals surface area contributed by atoms with Gasteiger partial charge in [-0.15, -0.1) is 0 Å². The van der Waals surface area contributed by atoms with Gasteiger partial charge in [0.05, 0.1) is 29.1 Å². The second kappa shape index (κ2) is 6.20. The Bertz CT molecular complexity index is 716. The van der Waals surface area contributed by atoms with E-state index in [2.05, 4.69) is 20.9 Å². The summed E-state index contributed by atoms with van der Waals surface area (Å²) in [7, 11) is 1.31. The molecule has 0 fully saturated rings. The number of carbonyl (C=O) groups is 1. The van der Waals surface area contributed by atoms with Crippen LogP contribution in [-0.2, 0) is 4.74 Å². The first-order chi connectivity index (χ1) is 9.85. The van der Waals surface area contributed by atoms with Crippen molar-refractivity contribution in [1.82, 2.24) is 4.98 Å². The molecule has 21 heavy (non-hydrogen) atoms. The first-order valence-corrected chi connectivity index (χ1v) is 7.56. The molecule has 112 valence electrons. The van der Waals surface area contributed by atoms with Gasteiger partial charge < -0.3 is 9.47 Å². The molecule has 0 N–H and O–H groups in total. The van der Waals surface area contributed by atoms with E-state index in [1.807, 2.05) is 26.8 Å². The number of esters is 1. The molecule has 4 nitrogen and oxygen atoms in total. The molecular formula is C15H15BrClNO3. The smallest absolute Gasteiger partial charge is 0.356 e. The van der Waals surface area contributed by atoms with Gasteiger partial charge in [0.2, 0.25) is 0 Å². The highest BCUT2D eigenvalue weighted by Gasteiger charge is 2.19. The molecule has 2 aromatic rings. The molecule has 6 heteroatoms. The number of nitrogens with zero attached hydrogens (tertiary/aromatic N) is 1. The van der Waals surface area contributed by atoms with E-state index in [0.29, 0.717) is 21.7 Å². The fourth-order valence-corrected chi connectivity index (χ4v) is 2.85. The maximum absolute atomic E-state index is 11.8. The number of hydrogen-bond acceptors (Lipinski definition) is 4. The van der Waals surface area contributed by atoms with Crippen LogP contribution in [0, 0.1) is 6.92 Å². The van der Waals surface area contributed by atoms with Gasteiger partial charge in [-0.1, -0.05) is 11.6 Å². The average Bonchev–Trinajstić information content (AvgIpc) is 2.42. The Labute approximate surface area is 136 Å². The van der Waals surface area contributed by atoms with Crippen molar-refractivity contribution in [2.75, 3.05) is 7.11 Å². The van der Waals surface area contributed by atoms with Crippen molar-refractivity contribution in [2.45, 2.75) is 26.9 Å². The second-order valence-corrected chi connectivity index (χ2v) is 6.11. The maximum atomic E-state index is 11.8. The zero-order valence-electron chi connectivity index (χ0n) is 12.2. The van der Waals surface area contributed by atoms with E-state index in [1.165, 1.54) is 7.11 Å². The number of aryl methyl sites for hydroxylation is 1. The summed E-state index contributed by atoms with van der Waals surface area (Å²) in [6.45, 7) is 5.71. The van der Waals surface area contributed by atoms with Gasteiger partial charge in [-0.2, -0.15) is 0 Å². The number of benzene rings is 1. The van der Waals surface area contributed by atoms with E-state index in [0.717, 1.165) is 10.0 Å². The Hall–Kier alpha value is -1.33. The lowest BCUT2D eigenvalue weighted by molar-refractivity contribution is 0.0593. The number of rotatable bonds is 3. The largest absolute Gasteiger partial charge is 0.490 e. The number of carbonyl (C=O) groups excluding carboxylic acids is 1. The third-order valence-corrected chi connectivity index (χ3v) is 3.97. The van der Waals surface area contributed by atoms with E-state index < -0.39 is 5.97 Å². The summed E-state index contributed by atoms with van der Waals surface area (Å²) in [6.07, 6.45) is -0.0588. The molecule has 0 bridgehead atoms.